The van der Waals surface area contributed by atoms with Crippen LogP contribution < -0.4 is 5.73 Å². The van der Waals surface area contributed by atoms with E-state index in [0.29, 0.717) is 11.1 Å². The van der Waals surface area contributed by atoms with Gasteiger partial charge in [-0.05, 0) is 30.5 Å². The maximum atomic E-state index is 12.3. The van der Waals surface area contributed by atoms with Gasteiger partial charge in [0.25, 0.3) is 0 Å². The molecule has 0 amide bonds. The van der Waals surface area contributed by atoms with Gasteiger partial charge >= 0.3 is 6.18 Å². The Morgan fingerprint density at radius 2 is 1.56 bits per heavy atom. The molecule has 0 aliphatic carbocycles. The van der Waals surface area contributed by atoms with Gasteiger partial charge in [-0.15, -0.1) is 12.4 Å². The van der Waals surface area contributed by atoms with Crippen LogP contribution in [0.15, 0.2) is 12.1 Å². The Kier molecular flexibility index (Phi) is 5.46. The maximum absolute atomic E-state index is 12.3. The van der Waals surface area contributed by atoms with Crippen molar-refractivity contribution >= 4 is 12.4 Å². The van der Waals surface area contributed by atoms with Crippen molar-refractivity contribution in [2.24, 2.45) is 5.73 Å². The zero-order chi connectivity index (χ0) is 13.4. The first kappa shape index (κ1) is 17.0. The third kappa shape index (κ3) is 3.51. The van der Waals surface area contributed by atoms with E-state index in [9.17, 15) is 18.3 Å². The molecular weight excluding hydrogens is 271 g/mol. The third-order valence-electron chi connectivity index (χ3n) is 2.57. The van der Waals surface area contributed by atoms with E-state index in [0.717, 1.165) is 0 Å². The van der Waals surface area contributed by atoms with Crippen molar-refractivity contribution in [1.82, 2.24) is 0 Å². The summed E-state index contributed by atoms with van der Waals surface area (Å²) in [6, 6.07) is 1.11. The van der Waals surface area contributed by atoms with E-state index in [2.05, 4.69) is 0 Å². The summed E-state index contributed by atoms with van der Waals surface area (Å²) in [6.45, 7) is 3.11. The van der Waals surface area contributed by atoms with Crippen molar-refractivity contribution in [3.63, 3.8) is 0 Å². The van der Waals surface area contributed by atoms with Gasteiger partial charge in [0.1, 0.15) is 5.75 Å². The minimum Gasteiger partial charge on any atom is -0.507 e. The van der Waals surface area contributed by atoms with Gasteiger partial charge < -0.3 is 15.9 Å². The first-order valence-corrected chi connectivity index (χ1v) is 4.95. The molecule has 1 aromatic rings. The lowest BCUT2D eigenvalue weighted by molar-refractivity contribution is -0.210. The lowest BCUT2D eigenvalue weighted by Gasteiger charge is -2.22. The van der Waals surface area contributed by atoms with Gasteiger partial charge in [0.2, 0.25) is 0 Å². The van der Waals surface area contributed by atoms with Crippen LogP contribution in [0.5, 0.6) is 5.75 Å². The van der Waals surface area contributed by atoms with Gasteiger partial charge in [-0.1, -0.05) is 12.1 Å². The average molecular weight is 286 g/mol. The van der Waals surface area contributed by atoms with E-state index >= 15 is 0 Å². The summed E-state index contributed by atoms with van der Waals surface area (Å²) in [5.41, 5.74) is 6.34. The number of rotatable bonds is 2. The number of aromatic hydroxyl groups is 1. The number of hydrogen-bond acceptors (Lipinski definition) is 3. The van der Waals surface area contributed by atoms with Crippen LogP contribution in [0.4, 0.5) is 13.2 Å². The average Bonchev–Trinajstić information content (AvgIpc) is 2.21. The second-order valence-corrected chi connectivity index (χ2v) is 4.02. The van der Waals surface area contributed by atoms with Crippen LogP contribution in [0.3, 0.4) is 0 Å². The molecule has 7 heteroatoms. The molecule has 0 aliphatic rings. The fourth-order valence-corrected chi connectivity index (χ4v) is 1.57. The highest BCUT2D eigenvalue weighted by Gasteiger charge is 2.42. The monoisotopic (exact) mass is 285 g/mol. The molecule has 104 valence electrons. The Hall–Kier alpha value is -0.980. The first-order chi connectivity index (χ1) is 7.64. The summed E-state index contributed by atoms with van der Waals surface area (Å²) in [7, 11) is 0. The van der Waals surface area contributed by atoms with E-state index in [1.807, 2.05) is 0 Å². The molecule has 0 bridgehead atoms. The van der Waals surface area contributed by atoms with Crippen LogP contribution in [0.25, 0.3) is 0 Å². The fraction of sp³-hybridized carbons (Fsp3) is 0.455. The van der Waals surface area contributed by atoms with Crippen molar-refractivity contribution < 1.29 is 23.4 Å². The second-order valence-electron chi connectivity index (χ2n) is 4.02. The summed E-state index contributed by atoms with van der Waals surface area (Å²) >= 11 is 0. The summed E-state index contributed by atoms with van der Waals surface area (Å²) in [4.78, 5) is 0. The zero-order valence-corrected chi connectivity index (χ0v) is 10.6. The molecule has 1 aromatic carbocycles. The molecule has 3 nitrogen and oxygen atoms in total. The van der Waals surface area contributed by atoms with Gasteiger partial charge in [0.05, 0.1) is 6.04 Å². The molecule has 0 aromatic heterocycles. The summed E-state index contributed by atoms with van der Waals surface area (Å²) < 4.78 is 36.9. The van der Waals surface area contributed by atoms with E-state index in [1.54, 1.807) is 13.8 Å². The van der Waals surface area contributed by atoms with Crippen LogP contribution in [0.1, 0.15) is 22.7 Å². The van der Waals surface area contributed by atoms with Gasteiger partial charge in [0.15, 0.2) is 6.10 Å². The molecule has 1 rings (SSSR count). The predicted molar refractivity (Wildman–Crippen MR) is 63.8 cm³/mol. The van der Waals surface area contributed by atoms with E-state index in [1.165, 1.54) is 12.1 Å². The molecule has 0 heterocycles. The Bertz CT molecular complexity index is 400. The molecule has 0 spiro atoms. The Balaban J connectivity index is 0.00000289. The molecule has 0 radical (unpaired) electrons. The smallest absolute Gasteiger partial charge is 0.416 e. The number of aliphatic hydroxyl groups is 1. The number of halogens is 4. The SMILES string of the molecule is Cc1cc([C@H](N)[C@H](O)C(F)(F)F)cc(C)c1O.Cl. The Morgan fingerprint density at radius 1 is 1.17 bits per heavy atom. The molecule has 18 heavy (non-hydrogen) atoms. The predicted octanol–water partition coefficient (Wildman–Crippen LogP) is 2.35. The van der Waals surface area contributed by atoms with E-state index in [-0.39, 0.29) is 23.7 Å². The minimum absolute atomic E-state index is 0. The van der Waals surface area contributed by atoms with Crippen molar-refractivity contribution in [2.45, 2.75) is 32.2 Å². The van der Waals surface area contributed by atoms with Crippen LogP contribution in [0, 0.1) is 13.8 Å². The van der Waals surface area contributed by atoms with Crippen molar-refractivity contribution in [2.75, 3.05) is 0 Å². The Labute approximate surface area is 109 Å². The number of nitrogens with two attached hydrogens (primary N) is 1. The molecule has 0 aliphatic heterocycles. The van der Waals surface area contributed by atoms with Gasteiger partial charge in [-0.2, -0.15) is 13.2 Å². The van der Waals surface area contributed by atoms with Crippen LogP contribution in [-0.4, -0.2) is 22.5 Å². The first-order valence-electron chi connectivity index (χ1n) is 4.95. The number of aryl methyl sites for hydroxylation is 2. The van der Waals surface area contributed by atoms with Gasteiger partial charge in [-0.25, -0.2) is 0 Å². The topological polar surface area (TPSA) is 66.5 Å². The summed E-state index contributed by atoms with van der Waals surface area (Å²) in [5, 5.41) is 18.5. The van der Waals surface area contributed by atoms with Crippen LogP contribution in [-0.2, 0) is 0 Å². The fourth-order valence-electron chi connectivity index (χ4n) is 1.57. The lowest BCUT2D eigenvalue weighted by atomic mass is 9.97. The standard InChI is InChI=1S/C11H14F3NO2.ClH/c1-5-3-7(4-6(2)9(5)16)8(15)10(17)11(12,13)14;/h3-4,8,10,16-17H,15H2,1-2H3;1H/t8-,10-;/m0./s1. The number of aliphatic hydroxyl groups excluding tert-OH is 1. The minimum atomic E-state index is -4.76. The number of benzene rings is 1. The number of phenols is 1. The van der Waals surface area contributed by atoms with Crippen molar-refractivity contribution in [1.29, 1.82) is 0 Å². The number of alkyl halides is 3. The van der Waals surface area contributed by atoms with Crippen molar-refractivity contribution in [3.05, 3.63) is 28.8 Å². The molecule has 0 saturated heterocycles. The van der Waals surface area contributed by atoms with Crippen LogP contribution >= 0.6 is 12.4 Å². The molecule has 0 saturated carbocycles. The summed E-state index contributed by atoms with van der Waals surface area (Å²) in [5.74, 6) is 0.0162. The van der Waals surface area contributed by atoms with Crippen molar-refractivity contribution in [3.8, 4) is 5.75 Å². The molecule has 2 atom stereocenters. The highest BCUT2D eigenvalue weighted by Crippen LogP contribution is 2.31. The number of hydrogen-bond donors (Lipinski definition) is 3. The molecular formula is C11H15ClF3NO2. The van der Waals surface area contributed by atoms with E-state index < -0.39 is 18.3 Å². The quantitative estimate of drug-likeness (QED) is 0.781. The highest BCUT2D eigenvalue weighted by molar-refractivity contribution is 5.85. The molecule has 0 unspecified atom stereocenters. The largest absolute Gasteiger partial charge is 0.507 e. The summed E-state index contributed by atoms with van der Waals surface area (Å²) in [6.07, 6.45) is -7.38. The lowest BCUT2D eigenvalue weighted by Crippen LogP contribution is -2.38. The molecule has 0 fully saturated rings. The highest BCUT2D eigenvalue weighted by atomic mass is 35.5. The maximum Gasteiger partial charge on any atom is 0.416 e. The van der Waals surface area contributed by atoms with Gasteiger partial charge in [0, 0.05) is 0 Å². The third-order valence-corrected chi connectivity index (χ3v) is 2.57. The van der Waals surface area contributed by atoms with Crippen LogP contribution in [0.2, 0.25) is 0 Å². The zero-order valence-electron chi connectivity index (χ0n) is 9.82. The van der Waals surface area contributed by atoms with E-state index in [4.69, 9.17) is 10.8 Å². The second kappa shape index (κ2) is 5.77. The van der Waals surface area contributed by atoms with Gasteiger partial charge in [-0.3, -0.25) is 0 Å². The normalized spacial score (nSPS) is 14.8. The Morgan fingerprint density at radius 3 is 1.89 bits per heavy atom. The number of phenolic OH excluding ortho intramolecular Hbond substituents is 1. The molecule has 4 N–H and O–H groups in total.